The van der Waals surface area contributed by atoms with Gasteiger partial charge in [0.05, 0.1) is 5.02 Å². The van der Waals surface area contributed by atoms with E-state index in [0.29, 0.717) is 32.7 Å². The predicted molar refractivity (Wildman–Crippen MR) is 73.9 cm³/mol. The Morgan fingerprint density at radius 1 is 1.06 bits per heavy atom. The summed E-state index contributed by atoms with van der Waals surface area (Å²) < 4.78 is 5.63. The highest BCUT2D eigenvalue weighted by atomic mass is 35.5. The number of nitrogen functional groups attached to an aromatic ring is 1. The van der Waals surface area contributed by atoms with Gasteiger partial charge in [0.2, 0.25) is 5.89 Å². The molecule has 0 atom stereocenters. The maximum atomic E-state index is 6.06. The van der Waals surface area contributed by atoms with Gasteiger partial charge in [-0.05, 0) is 30.3 Å². The number of benzene rings is 2. The van der Waals surface area contributed by atoms with Crippen molar-refractivity contribution in [1.29, 1.82) is 0 Å². The SMILES string of the molecule is Nc1ccc(-c2nc3c(Cl)cc(Cl)cc3o2)cc1. The summed E-state index contributed by atoms with van der Waals surface area (Å²) in [6.07, 6.45) is 0. The minimum Gasteiger partial charge on any atom is -0.436 e. The van der Waals surface area contributed by atoms with Crippen LogP contribution in [-0.4, -0.2) is 4.98 Å². The lowest BCUT2D eigenvalue weighted by atomic mass is 10.2. The Hall–Kier alpha value is -1.71. The second kappa shape index (κ2) is 4.19. The Balaban J connectivity index is 2.19. The molecule has 2 N–H and O–H groups in total. The van der Waals surface area contributed by atoms with E-state index in [-0.39, 0.29) is 0 Å². The smallest absolute Gasteiger partial charge is 0.227 e. The maximum Gasteiger partial charge on any atom is 0.227 e. The van der Waals surface area contributed by atoms with Gasteiger partial charge in [-0.25, -0.2) is 4.98 Å². The molecule has 5 heteroatoms. The van der Waals surface area contributed by atoms with Crippen LogP contribution in [-0.2, 0) is 0 Å². The van der Waals surface area contributed by atoms with E-state index in [1.54, 1.807) is 24.3 Å². The Labute approximate surface area is 113 Å². The average Bonchev–Trinajstić information content (AvgIpc) is 2.74. The zero-order valence-corrected chi connectivity index (χ0v) is 10.7. The van der Waals surface area contributed by atoms with Crippen molar-refractivity contribution in [3.63, 3.8) is 0 Å². The molecule has 0 bridgehead atoms. The molecule has 2 aromatic carbocycles. The first-order chi connectivity index (χ1) is 8.63. The second-order valence-corrected chi connectivity index (χ2v) is 4.72. The molecule has 0 unspecified atom stereocenters. The van der Waals surface area contributed by atoms with Gasteiger partial charge in [-0.15, -0.1) is 0 Å². The molecule has 0 aliphatic carbocycles. The lowest BCUT2D eigenvalue weighted by molar-refractivity contribution is 0.620. The van der Waals surface area contributed by atoms with Crippen molar-refractivity contribution in [2.75, 3.05) is 5.73 Å². The van der Waals surface area contributed by atoms with Crippen LogP contribution >= 0.6 is 23.2 Å². The minimum absolute atomic E-state index is 0.475. The zero-order valence-electron chi connectivity index (χ0n) is 9.15. The van der Waals surface area contributed by atoms with Crippen LogP contribution in [0.3, 0.4) is 0 Å². The Kier molecular flexibility index (Phi) is 2.65. The van der Waals surface area contributed by atoms with Crippen molar-refractivity contribution in [2.45, 2.75) is 0 Å². The number of fused-ring (bicyclic) bond motifs is 1. The van der Waals surface area contributed by atoms with Gasteiger partial charge < -0.3 is 10.2 Å². The van der Waals surface area contributed by atoms with Gasteiger partial charge in [-0.2, -0.15) is 0 Å². The van der Waals surface area contributed by atoms with Gasteiger partial charge in [0, 0.05) is 22.3 Å². The largest absolute Gasteiger partial charge is 0.436 e. The molecule has 3 nitrogen and oxygen atoms in total. The summed E-state index contributed by atoms with van der Waals surface area (Å²) >= 11 is 12.0. The first-order valence-corrected chi connectivity index (χ1v) is 6.00. The van der Waals surface area contributed by atoms with Crippen LogP contribution in [0, 0.1) is 0 Å². The van der Waals surface area contributed by atoms with Crippen LogP contribution < -0.4 is 5.73 Å². The van der Waals surface area contributed by atoms with Gasteiger partial charge in [0.15, 0.2) is 5.58 Å². The second-order valence-electron chi connectivity index (χ2n) is 3.88. The van der Waals surface area contributed by atoms with E-state index in [4.69, 9.17) is 33.4 Å². The van der Waals surface area contributed by atoms with E-state index in [9.17, 15) is 0 Å². The number of nitrogens with two attached hydrogens (primary N) is 1. The summed E-state index contributed by atoms with van der Waals surface area (Å²) in [7, 11) is 0. The first kappa shape index (κ1) is 11.4. The first-order valence-electron chi connectivity index (χ1n) is 5.25. The van der Waals surface area contributed by atoms with Gasteiger partial charge in [-0.1, -0.05) is 23.2 Å². The molecule has 0 saturated heterocycles. The van der Waals surface area contributed by atoms with Crippen LogP contribution in [0.5, 0.6) is 0 Å². The van der Waals surface area contributed by atoms with Gasteiger partial charge in [-0.3, -0.25) is 0 Å². The van der Waals surface area contributed by atoms with Crippen molar-refractivity contribution in [2.24, 2.45) is 0 Å². The quantitative estimate of drug-likeness (QED) is 0.672. The van der Waals surface area contributed by atoms with E-state index < -0.39 is 0 Å². The lowest BCUT2D eigenvalue weighted by Crippen LogP contribution is -1.83. The molecule has 3 aromatic rings. The molecule has 1 aromatic heterocycles. The topological polar surface area (TPSA) is 52.0 Å². The average molecular weight is 279 g/mol. The summed E-state index contributed by atoms with van der Waals surface area (Å²) in [5, 5.41) is 0.996. The van der Waals surface area contributed by atoms with E-state index >= 15 is 0 Å². The summed E-state index contributed by atoms with van der Waals surface area (Å²) in [6.45, 7) is 0. The van der Waals surface area contributed by atoms with Crippen molar-refractivity contribution >= 4 is 40.0 Å². The fraction of sp³-hybridized carbons (Fsp3) is 0. The fourth-order valence-electron chi connectivity index (χ4n) is 1.71. The Morgan fingerprint density at radius 2 is 1.78 bits per heavy atom. The molecule has 0 radical (unpaired) electrons. The third-order valence-corrected chi connectivity index (χ3v) is 3.08. The van der Waals surface area contributed by atoms with E-state index in [0.717, 1.165) is 5.56 Å². The third-order valence-electron chi connectivity index (χ3n) is 2.57. The van der Waals surface area contributed by atoms with Gasteiger partial charge >= 0.3 is 0 Å². The van der Waals surface area contributed by atoms with Gasteiger partial charge in [0.25, 0.3) is 0 Å². The standard InChI is InChI=1S/C13H8Cl2N2O/c14-8-5-10(15)12-11(6-8)18-13(17-12)7-1-3-9(16)4-2-7/h1-6H,16H2. The molecular formula is C13H8Cl2N2O. The molecule has 3 rings (SSSR count). The monoisotopic (exact) mass is 278 g/mol. The van der Waals surface area contributed by atoms with Crippen LogP contribution in [0.4, 0.5) is 5.69 Å². The summed E-state index contributed by atoms with van der Waals surface area (Å²) in [5.74, 6) is 0.495. The van der Waals surface area contributed by atoms with Crippen LogP contribution in [0.1, 0.15) is 0 Å². The summed E-state index contributed by atoms with van der Waals surface area (Å²) in [5.41, 5.74) is 8.34. The Morgan fingerprint density at radius 3 is 2.50 bits per heavy atom. The Bertz CT molecular complexity index is 720. The zero-order chi connectivity index (χ0) is 12.7. The van der Waals surface area contributed by atoms with Crippen LogP contribution in [0.15, 0.2) is 40.8 Å². The molecule has 0 spiro atoms. The number of oxazole rings is 1. The van der Waals surface area contributed by atoms with Crippen molar-refractivity contribution in [3.05, 3.63) is 46.4 Å². The molecule has 0 aliphatic heterocycles. The highest BCUT2D eigenvalue weighted by Gasteiger charge is 2.11. The number of hydrogen-bond donors (Lipinski definition) is 1. The molecule has 0 amide bonds. The summed E-state index contributed by atoms with van der Waals surface area (Å²) in [4.78, 5) is 4.36. The van der Waals surface area contributed by atoms with E-state index in [1.807, 2.05) is 12.1 Å². The summed E-state index contributed by atoms with van der Waals surface area (Å²) in [6, 6.07) is 10.6. The number of anilines is 1. The lowest BCUT2D eigenvalue weighted by Gasteiger charge is -1.95. The number of hydrogen-bond acceptors (Lipinski definition) is 3. The molecule has 0 aliphatic rings. The fourth-order valence-corrected chi connectivity index (χ4v) is 2.22. The predicted octanol–water partition coefficient (Wildman–Crippen LogP) is 4.38. The third kappa shape index (κ3) is 1.92. The van der Waals surface area contributed by atoms with E-state index in [1.165, 1.54) is 0 Å². The molecular weight excluding hydrogens is 271 g/mol. The molecule has 0 saturated carbocycles. The van der Waals surface area contributed by atoms with Crippen molar-refractivity contribution < 1.29 is 4.42 Å². The highest BCUT2D eigenvalue weighted by Crippen LogP contribution is 2.31. The number of aromatic nitrogens is 1. The normalized spacial score (nSPS) is 11.0. The maximum absolute atomic E-state index is 6.06. The van der Waals surface area contributed by atoms with Gasteiger partial charge in [0.1, 0.15) is 5.52 Å². The molecule has 0 fully saturated rings. The van der Waals surface area contributed by atoms with Crippen LogP contribution in [0.2, 0.25) is 10.0 Å². The van der Waals surface area contributed by atoms with Crippen molar-refractivity contribution in [1.82, 2.24) is 4.98 Å². The minimum atomic E-state index is 0.475. The number of nitrogens with zero attached hydrogens (tertiary/aromatic N) is 1. The molecule has 90 valence electrons. The molecule has 18 heavy (non-hydrogen) atoms. The van der Waals surface area contributed by atoms with Crippen molar-refractivity contribution in [3.8, 4) is 11.5 Å². The molecule has 1 heterocycles. The number of rotatable bonds is 1. The number of halogens is 2. The highest BCUT2D eigenvalue weighted by molar-refractivity contribution is 6.38. The van der Waals surface area contributed by atoms with E-state index in [2.05, 4.69) is 4.98 Å². The van der Waals surface area contributed by atoms with Crippen LogP contribution in [0.25, 0.3) is 22.6 Å².